The Morgan fingerprint density at radius 1 is 1.12 bits per heavy atom. The van der Waals surface area contributed by atoms with Crippen molar-refractivity contribution in [3.05, 3.63) is 0 Å². The molecule has 0 unspecified atom stereocenters. The summed E-state index contributed by atoms with van der Waals surface area (Å²) in [5.74, 6) is 0.313. The Bertz CT molecular complexity index is 206. The second kappa shape index (κ2) is 6.89. The van der Waals surface area contributed by atoms with E-state index in [-0.39, 0.29) is 5.41 Å². The third kappa shape index (κ3) is 4.12. The first-order valence-electron chi connectivity index (χ1n) is 6.45. The van der Waals surface area contributed by atoms with E-state index < -0.39 is 0 Å². The zero-order valence-corrected chi connectivity index (χ0v) is 11.8. The van der Waals surface area contributed by atoms with Gasteiger partial charge in [0, 0.05) is 31.6 Å². The summed E-state index contributed by atoms with van der Waals surface area (Å²) in [4.78, 5) is 16.3. The molecule has 0 aromatic heterocycles. The molecule has 0 N–H and O–H groups in total. The molecule has 1 fully saturated rings. The molecule has 0 radical (unpaired) electrons. The number of nitrogens with zero attached hydrogens (tertiary/aromatic N) is 2. The molecule has 0 aliphatic carbocycles. The lowest BCUT2D eigenvalue weighted by atomic mass is 9.88. The van der Waals surface area contributed by atoms with Crippen molar-refractivity contribution in [2.24, 2.45) is 5.41 Å². The molecule has 1 rings (SSSR count). The van der Waals surface area contributed by atoms with Gasteiger partial charge in [-0.1, -0.05) is 34.6 Å². The second-order valence-corrected chi connectivity index (χ2v) is 4.83. The molecule has 1 heterocycles. The van der Waals surface area contributed by atoms with Gasteiger partial charge in [0.05, 0.1) is 0 Å². The van der Waals surface area contributed by atoms with E-state index in [1.165, 1.54) is 0 Å². The summed E-state index contributed by atoms with van der Waals surface area (Å²) in [6.07, 6.45) is 0.915. The third-order valence-electron chi connectivity index (χ3n) is 3.25. The van der Waals surface area contributed by atoms with Crippen molar-refractivity contribution in [2.45, 2.75) is 41.0 Å². The fourth-order valence-corrected chi connectivity index (χ4v) is 1.59. The summed E-state index contributed by atoms with van der Waals surface area (Å²) in [7, 11) is 2.10. The largest absolute Gasteiger partial charge is 0.340 e. The summed E-state index contributed by atoms with van der Waals surface area (Å²) in [6, 6.07) is 0. The molecule has 1 amide bonds. The van der Waals surface area contributed by atoms with Gasteiger partial charge in [-0.3, -0.25) is 4.79 Å². The highest BCUT2D eigenvalue weighted by molar-refractivity contribution is 5.82. The lowest BCUT2D eigenvalue weighted by Crippen LogP contribution is -2.50. The molecule has 0 aromatic rings. The van der Waals surface area contributed by atoms with Crippen molar-refractivity contribution < 1.29 is 4.79 Å². The smallest absolute Gasteiger partial charge is 0.228 e. The van der Waals surface area contributed by atoms with Crippen molar-refractivity contribution in [1.29, 1.82) is 0 Å². The van der Waals surface area contributed by atoms with Crippen LogP contribution in [0.25, 0.3) is 0 Å². The summed E-state index contributed by atoms with van der Waals surface area (Å²) in [6.45, 7) is 13.9. The second-order valence-electron chi connectivity index (χ2n) is 4.83. The molecule has 0 saturated carbocycles. The molecule has 0 aromatic carbocycles. The van der Waals surface area contributed by atoms with E-state index in [9.17, 15) is 4.79 Å². The van der Waals surface area contributed by atoms with Gasteiger partial charge in [0.15, 0.2) is 0 Å². The molecule has 1 saturated heterocycles. The highest BCUT2D eigenvalue weighted by Gasteiger charge is 2.31. The third-order valence-corrected chi connectivity index (χ3v) is 3.25. The fourth-order valence-electron chi connectivity index (χ4n) is 1.59. The molecule has 0 atom stereocenters. The van der Waals surface area contributed by atoms with Gasteiger partial charge in [0.1, 0.15) is 0 Å². The van der Waals surface area contributed by atoms with Crippen LogP contribution in [0.5, 0.6) is 0 Å². The van der Waals surface area contributed by atoms with Gasteiger partial charge in [-0.25, -0.2) is 0 Å². The van der Waals surface area contributed by atoms with Gasteiger partial charge >= 0.3 is 0 Å². The maximum absolute atomic E-state index is 12.1. The van der Waals surface area contributed by atoms with E-state index in [2.05, 4.69) is 18.9 Å². The van der Waals surface area contributed by atoms with Gasteiger partial charge in [-0.2, -0.15) is 0 Å². The highest BCUT2D eigenvalue weighted by Crippen LogP contribution is 2.23. The molecule has 96 valence electrons. The Hall–Kier alpha value is -0.570. The van der Waals surface area contributed by atoms with Crippen LogP contribution in [0.15, 0.2) is 0 Å². The standard InChI is InChI=1S/C11H22N2O.C2H6/c1-5-11(2,3)10(14)13-8-6-12(4)7-9-13;1-2/h5-9H2,1-4H3;1-2H3. The highest BCUT2D eigenvalue weighted by atomic mass is 16.2. The number of hydrogen-bond donors (Lipinski definition) is 0. The summed E-state index contributed by atoms with van der Waals surface area (Å²) in [5, 5.41) is 0. The summed E-state index contributed by atoms with van der Waals surface area (Å²) < 4.78 is 0. The topological polar surface area (TPSA) is 23.6 Å². The number of carbonyl (C=O) groups excluding carboxylic acids is 1. The number of likely N-dealkylation sites (N-methyl/N-ethyl adjacent to an activating group) is 1. The van der Waals surface area contributed by atoms with Crippen LogP contribution in [-0.2, 0) is 4.79 Å². The van der Waals surface area contributed by atoms with Crippen LogP contribution in [0.2, 0.25) is 0 Å². The fraction of sp³-hybridized carbons (Fsp3) is 0.923. The van der Waals surface area contributed by atoms with Crippen molar-refractivity contribution in [1.82, 2.24) is 9.80 Å². The van der Waals surface area contributed by atoms with Crippen LogP contribution in [0.1, 0.15) is 41.0 Å². The minimum absolute atomic E-state index is 0.185. The van der Waals surface area contributed by atoms with Crippen molar-refractivity contribution in [3.63, 3.8) is 0 Å². The van der Waals surface area contributed by atoms with Crippen LogP contribution in [0.3, 0.4) is 0 Å². The number of amides is 1. The van der Waals surface area contributed by atoms with E-state index in [0.717, 1.165) is 32.6 Å². The maximum atomic E-state index is 12.1. The molecule has 1 aliphatic rings. The van der Waals surface area contributed by atoms with E-state index in [4.69, 9.17) is 0 Å². The van der Waals surface area contributed by atoms with Gasteiger partial charge < -0.3 is 9.80 Å². The molecule has 1 aliphatic heterocycles. The Kier molecular flexibility index (Phi) is 6.65. The molecular formula is C13H28N2O. The average Bonchev–Trinajstić information content (AvgIpc) is 2.32. The molecule has 3 heteroatoms. The van der Waals surface area contributed by atoms with E-state index in [0.29, 0.717) is 5.91 Å². The Morgan fingerprint density at radius 3 is 1.94 bits per heavy atom. The van der Waals surface area contributed by atoms with Crippen LogP contribution in [-0.4, -0.2) is 48.9 Å². The zero-order valence-electron chi connectivity index (χ0n) is 11.8. The number of carbonyl (C=O) groups is 1. The van der Waals surface area contributed by atoms with E-state index in [1.807, 2.05) is 32.6 Å². The lowest BCUT2D eigenvalue weighted by Gasteiger charge is -2.37. The SMILES string of the molecule is CC.CCC(C)(C)C(=O)N1CCN(C)CC1. The van der Waals surface area contributed by atoms with E-state index >= 15 is 0 Å². The average molecular weight is 228 g/mol. The van der Waals surface area contributed by atoms with E-state index in [1.54, 1.807) is 0 Å². The first-order chi connectivity index (χ1) is 7.47. The van der Waals surface area contributed by atoms with Crippen molar-refractivity contribution in [2.75, 3.05) is 33.2 Å². The molecule has 0 bridgehead atoms. The van der Waals surface area contributed by atoms with Crippen LogP contribution >= 0.6 is 0 Å². The Labute approximate surface area is 101 Å². The van der Waals surface area contributed by atoms with Gasteiger partial charge in [-0.15, -0.1) is 0 Å². The minimum atomic E-state index is -0.185. The first-order valence-corrected chi connectivity index (χ1v) is 6.45. The van der Waals surface area contributed by atoms with Crippen LogP contribution in [0.4, 0.5) is 0 Å². The number of hydrogen-bond acceptors (Lipinski definition) is 2. The van der Waals surface area contributed by atoms with Gasteiger partial charge in [-0.05, 0) is 13.5 Å². The summed E-state index contributed by atoms with van der Waals surface area (Å²) >= 11 is 0. The monoisotopic (exact) mass is 228 g/mol. The maximum Gasteiger partial charge on any atom is 0.228 e. The van der Waals surface area contributed by atoms with Crippen molar-refractivity contribution >= 4 is 5.91 Å². The normalized spacial score (nSPS) is 17.8. The van der Waals surface area contributed by atoms with Crippen LogP contribution < -0.4 is 0 Å². The molecular weight excluding hydrogens is 200 g/mol. The quantitative estimate of drug-likeness (QED) is 0.723. The zero-order chi connectivity index (χ0) is 12.8. The van der Waals surface area contributed by atoms with Crippen LogP contribution in [0, 0.1) is 5.41 Å². The summed E-state index contributed by atoms with van der Waals surface area (Å²) in [5.41, 5.74) is -0.185. The number of piperazine rings is 1. The number of rotatable bonds is 2. The molecule has 0 spiro atoms. The lowest BCUT2D eigenvalue weighted by molar-refractivity contribution is -0.142. The van der Waals surface area contributed by atoms with Crippen molar-refractivity contribution in [3.8, 4) is 0 Å². The van der Waals surface area contributed by atoms with Gasteiger partial charge in [0.2, 0.25) is 5.91 Å². The predicted octanol–water partition coefficient (Wildman–Crippen LogP) is 2.22. The molecule has 16 heavy (non-hydrogen) atoms. The Balaban J connectivity index is 0.00000106. The minimum Gasteiger partial charge on any atom is -0.340 e. The molecule has 3 nitrogen and oxygen atoms in total. The Morgan fingerprint density at radius 2 is 1.56 bits per heavy atom. The first kappa shape index (κ1) is 15.4. The predicted molar refractivity (Wildman–Crippen MR) is 69.5 cm³/mol. The van der Waals surface area contributed by atoms with Gasteiger partial charge in [0.25, 0.3) is 0 Å².